The minimum absolute atomic E-state index is 0.0416. The summed E-state index contributed by atoms with van der Waals surface area (Å²) in [6.45, 7) is 1.84. The van der Waals surface area contributed by atoms with E-state index in [1.165, 1.54) is 4.68 Å². The molecule has 6 nitrogen and oxygen atoms in total. The molecule has 0 fully saturated rings. The number of nitrogens with two attached hydrogens (primary N) is 1. The molecular weight excluding hydrogens is 301 g/mol. The van der Waals surface area contributed by atoms with Crippen LogP contribution in [0.4, 0.5) is 5.69 Å². The molecule has 0 radical (unpaired) electrons. The molecule has 1 aromatic heterocycles. The molecule has 0 saturated heterocycles. The zero-order valence-corrected chi connectivity index (χ0v) is 12.2. The van der Waals surface area contributed by atoms with Crippen molar-refractivity contribution in [2.45, 2.75) is 19.5 Å². The van der Waals surface area contributed by atoms with E-state index < -0.39 is 0 Å². The van der Waals surface area contributed by atoms with Gasteiger partial charge in [0.2, 0.25) is 5.91 Å². The Kier molecular flexibility index (Phi) is 4.59. The highest BCUT2D eigenvalue weighted by Crippen LogP contribution is 2.24. The minimum Gasteiger partial charge on any atom is -0.324 e. The van der Waals surface area contributed by atoms with Crippen LogP contribution in [0.1, 0.15) is 18.7 Å². The van der Waals surface area contributed by atoms with Gasteiger partial charge in [-0.2, -0.15) is 0 Å². The molecule has 3 N–H and O–H groups in total. The highest BCUT2D eigenvalue weighted by molar-refractivity contribution is 6.42. The maximum atomic E-state index is 11.9. The van der Waals surface area contributed by atoms with Gasteiger partial charge < -0.3 is 11.1 Å². The normalized spacial score (nSPS) is 12.2. The first-order valence-corrected chi connectivity index (χ1v) is 6.62. The Morgan fingerprint density at radius 2 is 2.20 bits per heavy atom. The fourth-order valence-corrected chi connectivity index (χ4v) is 1.82. The average molecular weight is 314 g/mol. The summed E-state index contributed by atoms with van der Waals surface area (Å²) in [4.78, 5) is 11.9. The highest BCUT2D eigenvalue weighted by atomic mass is 35.5. The molecule has 1 heterocycles. The van der Waals surface area contributed by atoms with Crippen LogP contribution >= 0.6 is 23.2 Å². The van der Waals surface area contributed by atoms with Crippen molar-refractivity contribution in [3.8, 4) is 0 Å². The topological polar surface area (TPSA) is 85.8 Å². The van der Waals surface area contributed by atoms with Crippen LogP contribution in [0, 0.1) is 0 Å². The van der Waals surface area contributed by atoms with Crippen LogP contribution in [0.25, 0.3) is 0 Å². The SMILES string of the molecule is CC(N)c1cn(CC(=O)Nc2ccc(Cl)c(Cl)c2)nn1. The summed E-state index contributed by atoms with van der Waals surface area (Å²) in [5.74, 6) is -0.246. The Morgan fingerprint density at radius 1 is 1.45 bits per heavy atom. The van der Waals surface area contributed by atoms with Crippen molar-refractivity contribution >= 4 is 34.8 Å². The lowest BCUT2D eigenvalue weighted by molar-refractivity contribution is -0.116. The summed E-state index contributed by atoms with van der Waals surface area (Å²) in [5, 5.41) is 11.2. The van der Waals surface area contributed by atoms with Crippen LogP contribution in [0.2, 0.25) is 10.0 Å². The zero-order valence-electron chi connectivity index (χ0n) is 10.7. The fourth-order valence-electron chi connectivity index (χ4n) is 1.52. The summed E-state index contributed by atoms with van der Waals surface area (Å²) in [6.07, 6.45) is 1.64. The van der Waals surface area contributed by atoms with Gasteiger partial charge in [0.1, 0.15) is 6.54 Å². The quantitative estimate of drug-likeness (QED) is 0.906. The lowest BCUT2D eigenvalue weighted by atomic mass is 10.3. The summed E-state index contributed by atoms with van der Waals surface area (Å²) >= 11 is 11.7. The molecule has 1 atom stereocenters. The number of carbonyl (C=O) groups is 1. The standard InChI is InChI=1S/C12H13Cl2N5O/c1-7(15)11-5-19(18-17-11)6-12(20)16-8-2-3-9(13)10(14)4-8/h2-5,7H,6,15H2,1H3,(H,16,20). The summed E-state index contributed by atoms with van der Waals surface area (Å²) in [7, 11) is 0. The van der Waals surface area contributed by atoms with E-state index in [4.69, 9.17) is 28.9 Å². The van der Waals surface area contributed by atoms with E-state index in [1.54, 1.807) is 31.3 Å². The van der Waals surface area contributed by atoms with Gasteiger partial charge in [0.15, 0.2) is 0 Å². The number of hydrogen-bond donors (Lipinski definition) is 2. The van der Waals surface area contributed by atoms with Crippen molar-refractivity contribution < 1.29 is 4.79 Å². The van der Waals surface area contributed by atoms with Gasteiger partial charge in [-0.15, -0.1) is 5.10 Å². The molecule has 0 aliphatic heterocycles. The maximum absolute atomic E-state index is 11.9. The third kappa shape index (κ3) is 3.69. The van der Waals surface area contributed by atoms with E-state index in [0.717, 1.165) is 0 Å². The van der Waals surface area contributed by atoms with E-state index >= 15 is 0 Å². The molecule has 20 heavy (non-hydrogen) atoms. The third-order valence-corrected chi connectivity index (χ3v) is 3.27. The molecule has 2 rings (SSSR count). The Hall–Kier alpha value is -1.63. The second-order valence-electron chi connectivity index (χ2n) is 4.31. The summed E-state index contributed by atoms with van der Waals surface area (Å²) in [5.41, 5.74) is 6.87. The first kappa shape index (κ1) is 14.8. The smallest absolute Gasteiger partial charge is 0.246 e. The third-order valence-electron chi connectivity index (χ3n) is 2.53. The molecule has 8 heteroatoms. The van der Waals surface area contributed by atoms with Crippen LogP contribution in [-0.2, 0) is 11.3 Å². The van der Waals surface area contributed by atoms with Gasteiger partial charge in [-0.25, -0.2) is 4.68 Å². The summed E-state index contributed by atoms with van der Waals surface area (Å²) < 4.78 is 1.42. The average Bonchev–Trinajstić information content (AvgIpc) is 2.82. The number of benzene rings is 1. The monoisotopic (exact) mass is 313 g/mol. The number of rotatable bonds is 4. The lowest BCUT2D eigenvalue weighted by Crippen LogP contribution is -2.19. The van der Waals surface area contributed by atoms with Crippen LogP contribution in [-0.4, -0.2) is 20.9 Å². The second-order valence-corrected chi connectivity index (χ2v) is 5.12. The van der Waals surface area contributed by atoms with Crippen molar-refractivity contribution in [2.75, 3.05) is 5.32 Å². The predicted octanol–water partition coefficient (Wildman–Crippen LogP) is 2.24. The first-order valence-electron chi connectivity index (χ1n) is 5.86. The second kappa shape index (κ2) is 6.21. The molecule has 0 bridgehead atoms. The van der Waals surface area contributed by atoms with Gasteiger partial charge in [0, 0.05) is 11.7 Å². The van der Waals surface area contributed by atoms with Crippen LogP contribution in [0.5, 0.6) is 0 Å². The largest absolute Gasteiger partial charge is 0.324 e. The maximum Gasteiger partial charge on any atom is 0.246 e. The molecule has 106 valence electrons. The van der Waals surface area contributed by atoms with Crippen LogP contribution in [0.3, 0.4) is 0 Å². The van der Waals surface area contributed by atoms with E-state index in [9.17, 15) is 4.79 Å². The summed E-state index contributed by atoms with van der Waals surface area (Å²) in [6, 6.07) is 4.64. The number of nitrogens with one attached hydrogen (secondary N) is 1. The number of anilines is 1. The fraction of sp³-hybridized carbons (Fsp3) is 0.250. The minimum atomic E-state index is -0.246. The molecular formula is C12H13Cl2N5O. The van der Waals surface area contributed by atoms with E-state index in [2.05, 4.69) is 15.6 Å². The van der Waals surface area contributed by atoms with Crippen molar-refractivity contribution in [2.24, 2.45) is 5.73 Å². The highest BCUT2D eigenvalue weighted by Gasteiger charge is 2.09. The molecule has 0 aliphatic carbocycles. The van der Waals surface area contributed by atoms with Gasteiger partial charge >= 0.3 is 0 Å². The molecule has 0 saturated carbocycles. The van der Waals surface area contributed by atoms with Crippen molar-refractivity contribution in [1.29, 1.82) is 0 Å². The van der Waals surface area contributed by atoms with E-state index in [1.807, 2.05) is 0 Å². The number of carbonyl (C=O) groups excluding carboxylic acids is 1. The Bertz CT molecular complexity index is 626. The Balaban J connectivity index is 1.99. The van der Waals surface area contributed by atoms with Crippen LogP contribution in [0.15, 0.2) is 24.4 Å². The number of hydrogen-bond acceptors (Lipinski definition) is 4. The van der Waals surface area contributed by atoms with E-state index in [0.29, 0.717) is 21.4 Å². The van der Waals surface area contributed by atoms with Gasteiger partial charge in [-0.3, -0.25) is 4.79 Å². The molecule has 0 spiro atoms. The van der Waals surface area contributed by atoms with Gasteiger partial charge in [0.25, 0.3) is 0 Å². The number of halogens is 2. The van der Waals surface area contributed by atoms with Crippen molar-refractivity contribution in [3.05, 3.63) is 40.1 Å². The predicted molar refractivity (Wildman–Crippen MR) is 77.7 cm³/mol. The number of aromatic nitrogens is 3. The Morgan fingerprint density at radius 3 is 2.80 bits per heavy atom. The molecule has 1 aromatic carbocycles. The van der Waals surface area contributed by atoms with Crippen molar-refractivity contribution in [3.63, 3.8) is 0 Å². The van der Waals surface area contributed by atoms with E-state index in [-0.39, 0.29) is 18.5 Å². The molecule has 0 aliphatic rings. The first-order chi connectivity index (χ1) is 9.45. The molecule has 2 aromatic rings. The van der Waals surface area contributed by atoms with Crippen LogP contribution < -0.4 is 11.1 Å². The number of amides is 1. The molecule has 1 unspecified atom stereocenters. The lowest BCUT2D eigenvalue weighted by Gasteiger charge is -2.06. The zero-order chi connectivity index (χ0) is 14.7. The van der Waals surface area contributed by atoms with Gasteiger partial charge in [0.05, 0.1) is 21.9 Å². The van der Waals surface area contributed by atoms with Gasteiger partial charge in [-0.1, -0.05) is 28.4 Å². The van der Waals surface area contributed by atoms with Gasteiger partial charge in [-0.05, 0) is 25.1 Å². The van der Waals surface area contributed by atoms with Crippen molar-refractivity contribution in [1.82, 2.24) is 15.0 Å². The number of nitrogens with zero attached hydrogens (tertiary/aromatic N) is 3. The molecule has 1 amide bonds. The Labute approximate surface area is 125 Å².